The lowest BCUT2D eigenvalue weighted by molar-refractivity contribution is 0.0993. The highest BCUT2D eigenvalue weighted by atomic mass is 32.2. The highest BCUT2D eigenvalue weighted by Gasteiger charge is 2.17. The van der Waals surface area contributed by atoms with Crippen LogP contribution in [-0.2, 0) is 10.0 Å². The summed E-state index contributed by atoms with van der Waals surface area (Å²) in [5.74, 6) is -0.802. The standard InChI is InChI=1S/C20H17FN2O3S/c1-23(18-8-3-2-4-9-18)20(24)15-10-12-19(13-11-15)27(25,26)22-17-7-5-6-16(21)14-17/h2-14,22H,1H3. The van der Waals surface area contributed by atoms with Crippen LogP contribution in [0.1, 0.15) is 10.4 Å². The maximum Gasteiger partial charge on any atom is 0.261 e. The van der Waals surface area contributed by atoms with Crippen molar-refractivity contribution in [1.29, 1.82) is 0 Å². The van der Waals surface area contributed by atoms with Gasteiger partial charge in [0.1, 0.15) is 5.82 Å². The van der Waals surface area contributed by atoms with Crippen LogP contribution in [0.2, 0.25) is 0 Å². The number of sulfonamides is 1. The van der Waals surface area contributed by atoms with Gasteiger partial charge in [0.25, 0.3) is 15.9 Å². The third-order valence-corrected chi connectivity index (χ3v) is 5.33. The van der Waals surface area contributed by atoms with Gasteiger partial charge in [0.2, 0.25) is 0 Å². The minimum atomic E-state index is -3.89. The highest BCUT2D eigenvalue weighted by molar-refractivity contribution is 7.92. The minimum Gasteiger partial charge on any atom is -0.311 e. The van der Waals surface area contributed by atoms with E-state index in [4.69, 9.17) is 0 Å². The summed E-state index contributed by atoms with van der Waals surface area (Å²) in [6.07, 6.45) is 0. The molecule has 3 aromatic carbocycles. The lowest BCUT2D eigenvalue weighted by Crippen LogP contribution is -2.26. The number of nitrogens with one attached hydrogen (secondary N) is 1. The third-order valence-electron chi connectivity index (χ3n) is 3.94. The molecule has 0 fully saturated rings. The van der Waals surface area contributed by atoms with Crippen molar-refractivity contribution in [2.45, 2.75) is 4.90 Å². The SMILES string of the molecule is CN(C(=O)c1ccc(S(=O)(=O)Nc2cccc(F)c2)cc1)c1ccccc1. The van der Waals surface area contributed by atoms with Gasteiger partial charge in [-0.1, -0.05) is 24.3 Å². The van der Waals surface area contributed by atoms with Gasteiger partial charge in [-0.3, -0.25) is 9.52 Å². The average molecular weight is 384 g/mol. The zero-order chi connectivity index (χ0) is 19.4. The Morgan fingerprint density at radius 1 is 0.926 bits per heavy atom. The second-order valence-electron chi connectivity index (χ2n) is 5.84. The van der Waals surface area contributed by atoms with E-state index >= 15 is 0 Å². The van der Waals surface area contributed by atoms with Crippen LogP contribution in [0.5, 0.6) is 0 Å². The topological polar surface area (TPSA) is 66.5 Å². The van der Waals surface area contributed by atoms with Crippen LogP contribution in [-0.4, -0.2) is 21.4 Å². The molecule has 0 aliphatic carbocycles. The minimum absolute atomic E-state index is 0.0225. The van der Waals surface area contributed by atoms with Gasteiger partial charge in [-0.05, 0) is 54.6 Å². The Morgan fingerprint density at radius 2 is 1.59 bits per heavy atom. The Hall–Kier alpha value is -3.19. The predicted octanol–water partition coefficient (Wildman–Crippen LogP) is 3.90. The molecule has 0 aromatic heterocycles. The lowest BCUT2D eigenvalue weighted by Gasteiger charge is -2.17. The van der Waals surface area contributed by atoms with Crippen molar-refractivity contribution in [3.8, 4) is 0 Å². The molecule has 0 saturated heterocycles. The first-order valence-corrected chi connectivity index (χ1v) is 9.57. The second-order valence-corrected chi connectivity index (χ2v) is 7.52. The monoisotopic (exact) mass is 384 g/mol. The molecular formula is C20H17FN2O3S. The molecule has 1 N–H and O–H groups in total. The fraction of sp³-hybridized carbons (Fsp3) is 0.0500. The van der Waals surface area contributed by atoms with E-state index in [9.17, 15) is 17.6 Å². The molecule has 0 unspecified atom stereocenters. The van der Waals surface area contributed by atoms with Crippen LogP contribution in [0.15, 0.2) is 83.8 Å². The zero-order valence-electron chi connectivity index (χ0n) is 14.5. The van der Waals surface area contributed by atoms with Crippen LogP contribution >= 0.6 is 0 Å². The normalized spacial score (nSPS) is 11.0. The summed E-state index contributed by atoms with van der Waals surface area (Å²) in [5.41, 5.74) is 1.21. The van der Waals surface area contributed by atoms with Crippen molar-refractivity contribution >= 4 is 27.3 Å². The van der Waals surface area contributed by atoms with E-state index in [0.717, 1.165) is 11.8 Å². The molecule has 7 heteroatoms. The van der Waals surface area contributed by atoms with Crippen molar-refractivity contribution in [3.63, 3.8) is 0 Å². The van der Waals surface area contributed by atoms with Crippen LogP contribution < -0.4 is 9.62 Å². The molecule has 3 rings (SSSR count). The summed E-state index contributed by atoms with van der Waals surface area (Å²) >= 11 is 0. The summed E-state index contributed by atoms with van der Waals surface area (Å²) in [6.45, 7) is 0. The van der Waals surface area contributed by atoms with Crippen molar-refractivity contribution in [3.05, 3.63) is 90.2 Å². The van der Waals surface area contributed by atoms with Gasteiger partial charge in [0.05, 0.1) is 10.6 Å². The van der Waals surface area contributed by atoms with Gasteiger partial charge >= 0.3 is 0 Å². The van der Waals surface area contributed by atoms with Gasteiger partial charge in [-0.25, -0.2) is 12.8 Å². The molecule has 0 aliphatic rings. The van der Waals surface area contributed by atoms with Crippen LogP contribution in [0.25, 0.3) is 0 Å². The first-order valence-electron chi connectivity index (χ1n) is 8.08. The molecule has 0 radical (unpaired) electrons. The van der Waals surface area contributed by atoms with Crippen LogP contribution in [0, 0.1) is 5.82 Å². The maximum absolute atomic E-state index is 13.2. The molecule has 0 saturated carbocycles. The molecule has 138 valence electrons. The number of hydrogen-bond donors (Lipinski definition) is 1. The van der Waals surface area contributed by atoms with E-state index in [2.05, 4.69) is 4.72 Å². The first kappa shape index (κ1) is 18.6. The van der Waals surface area contributed by atoms with Gasteiger partial charge in [0.15, 0.2) is 0 Å². The summed E-state index contributed by atoms with van der Waals surface area (Å²) in [6, 6.07) is 19.9. The highest BCUT2D eigenvalue weighted by Crippen LogP contribution is 2.19. The number of benzene rings is 3. The van der Waals surface area contributed by atoms with Gasteiger partial charge in [0, 0.05) is 18.3 Å². The fourth-order valence-corrected chi connectivity index (χ4v) is 3.55. The number of nitrogens with zero attached hydrogens (tertiary/aromatic N) is 1. The largest absolute Gasteiger partial charge is 0.311 e. The summed E-state index contributed by atoms with van der Waals surface area (Å²) in [7, 11) is -2.24. The third kappa shape index (κ3) is 4.32. The molecular weight excluding hydrogens is 367 g/mol. The van der Waals surface area contributed by atoms with Crippen molar-refractivity contribution < 1.29 is 17.6 Å². The van der Waals surface area contributed by atoms with Crippen LogP contribution in [0.4, 0.5) is 15.8 Å². The number of halogens is 1. The molecule has 0 spiro atoms. The van der Waals surface area contributed by atoms with Gasteiger partial charge < -0.3 is 4.90 Å². The number of carbonyl (C=O) groups is 1. The lowest BCUT2D eigenvalue weighted by atomic mass is 10.2. The number of para-hydroxylation sites is 1. The number of amides is 1. The number of rotatable bonds is 5. The van der Waals surface area contributed by atoms with Crippen LogP contribution in [0.3, 0.4) is 0 Å². The Bertz CT molecular complexity index is 1050. The Labute approximate surface area is 157 Å². The Kier molecular flexibility index (Phi) is 5.23. The average Bonchev–Trinajstić information content (AvgIpc) is 2.67. The predicted molar refractivity (Wildman–Crippen MR) is 103 cm³/mol. The number of anilines is 2. The van der Waals surface area contributed by atoms with E-state index in [0.29, 0.717) is 5.56 Å². The van der Waals surface area contributed by atoms with E-state index < -0.39 is 15.8 Å². The van der Waals surface area contributed by atoms with E-state index in [1.54, 1.807) is 19.2 Å². The molecule has 0 heterocycles. The van der Waals surface area contributed by atoms with Gasteiger partial charge in [-0.15, -0.1) is 0 Å². The quantitative estimate of drug-likeness (QED) is 0.725. The molecule has 0 aliphatic heterocycles. The smallest absolute Gasteiger partial charge is 0.261 e. The molecule has 27 heavy (non-hydrogen) atoms. The first-order chi connectivity index (χ1) is 12.9. The molecule has 0 bridgehead atoms. The van der Waals surface area contributed by atoms with E-state index in [1.165, 1.54) is 47.4 Å². The Balaban J connectivity index is 1.79. The van der Waals surface area contributed by atoms with E-state index in [-0.39, 0.29) is 16.5 Å². The molecule has 3 aromatic rings. The number of hydrogen-bond acceptors (Lipinski definition) is 3. The van der Waals surface area contributed by atoms with Crippen molar-refractivity contribution in [1.82, 2.24) is 0 Å². The van der Waals surface area contributed by atoms with Gasteiger partial charge in [-0.2, -0.15) is 0 Å². The molecule has 1 amide bonds. The summed E-state index contributed by atoms with van der Waals surface area (Å²) in [4.78, 5) is 14.0. The zero-order valence-corrected chi connectivity index (χ0v) is 15.3. The number of carbonyl (C=O) groups excluding carboxylic acids is 1. The van der Waals surface area contributed by atoms with E-state index in [1.807, 2.05) is 18.2 Å². The van der Waals surface area contributed by atoms with Crippen molar-refractivity contribution in [2.24, 2.45) is 0 Å². The maximum atomic E-state index is 13.2. The molecule has 0 atom stereocenters. The fourth-order valence-electron chi connectivity index (χ4n) is 2.51. The summed E-state index contributed by atoms with van der Waals surface area (Å²) in [5, 5.41) is 0. The second kappa shape index (κ2) is 7.59. The molecule has 5 nitrogen and oxygen atoms in total. The summed E-state index contributed by atoms with van der Waals surface area (Å²) < 4.78 is 40.4. The Morgan fingerprint density at radius 3 is 2.22 bits per heavy atom. The van der Waals surface area contributed by atoms with Crippen molar-refractivity contribution in [2.75, 3.05) is 16.7 Å².